The van der Waals surface area contributed by atoms with E-state index in [4.69, 9.17) is 0 Å². The van der Waals surface area contributed by atoms with Crippen molar-refractivity contribution in [2.24, 2.45) is 0 Å². The molecular formula is C20H24N4O3. The quantitative estimate of drug-likeness (QED) is 0.568. The Morgan fingerprint density at radius 1 is 0.741 bits per heavy atom. The van der Waals surface area contributed by atoms with Gasteiger partial charge in [0.25, 0.3) is 0 Å². The number of aliphatic hydroxyl groups excluding tert-OH is 1. The molecule has 0 unspecified atom stereocenters. The fourth-order valence-corrected chi connectivity index (χ4v) is 3.06. The van der Waals surface area contributed by atoms with Crippen LogP contribution in [0, 0.1) is 0 Å². The van der Waals surface area contributed by atoms with Crippen molar-refractivity contribution in [3.05, 3.63) is 54.6 Å². The predicted molar refractivity (Wildman–Crippen MR) is 106 cm³/mol. The molecule has 5 N–H and O–H groups in total. The molecule has 1 aliphatic rings. The Bertz CT molecular complexity index is 774. The molecule has 1 saturated carbocycles. The van der Waals surface area contributed by atoms with Crippen molar-refractivity contribution in [1.29, 1.82) is 0 Å². The molecule has 1 aliphatic carbocycles. The van der Waals surface area contributed by atoms with E-state index in [-0.39, 0.29) is 24.2 Å². The highest BCUT2D eigenvalue weighted by Gasteiger charge is 2.20. The monoisotopic (exact) mass is 368 g/mol. The molecule has 4 amide bonds. The Kier molecular flexibility index (Phi) is 6.27. The number of carbonyl (C=O) groups excluding carboxylic acids is 2. The zero-order chi connectivity index (χ0) is 19.1. The third-order valence-corrected chi connectivity index (χ3v) is 4.44. The van der Waals surface area contributed by atoms with Gasteiger partial charge in [0.1, 0.15) is 0 Å². The standard InChI is InChI=1S/C20H24N4O3/c25-18-11-9-15(10-12-18)22-20(27)24-17-8-4-7-16(13-17)23-19(26)21-14-5-2-1-3-6-14/h1-8,13,15,18,25H,9-12H2,(H2,21,23,26)(H2,22,24,27). The van der Waals surface area contributed by atoms with Gasteiger partial charge in [0, 0.05) is 23.1 Å². The number of carbonyl (C=O) groups is 2. The molecule has 0 spiro atoms. The summed E-state index contributed by atoms with van der Waals surface area (Å²) in [6.07, 6.45) is 2.71. The predicted octanol–water partition coefficient (Wildman–Crippen LogP) is 3.76. The second-order valence-corrected chi connectivity index (χ2v) is 6.63. The lowest BCUT2D eigenvalue weighted by atomic mass is 9.93. The van der Waals surface area contributed by atoms with Crippen molar-refractivity contribution >= 4 is 29.1 Å². The SMILES string of the molecule is O=C(Nc1ccccc1)Nc1cccc(NC(=O)NC2CCC(O)CC2)c1. The highest BCUT2D eigenvalue weighted by atomic mass is 16.3. The van der Waals surface area contributed by atoms with Gasteiger partial charge >= 0.3 is 12.1 Å². The number of hydrogen-bond acceptors (Lipinski definition) is 3. The van der Waals surface area contributed by atoms with Crippen molar-refractivity contribution in [2.45, 2.75) is 37.8 Å². The minimum atomic E-state index is -0.358. The Balaban J connectivity index is 1.50. The fourth-order valence-electron chi connectivity index (χ4n) is 3.06. The van der Waals surface area contributed by atoms with Crippen molar-refractivity contribution in [2.75, 3.05) is 16.0 Å². The molecule has 0 saturated heterocycles. The molecule has 0 radical (unpaired) electrons. The minimum absolute atomic E-state index is 0.0753. The van der Waals surface area contributed by atoms with E-state index >= 15 is 0 Å². The summed E-state index contributed by atoms with van der Waals surface area (Å²) in [4.78, 5) is 24.2. The Morgan fingerprint density at radius 2 is 1.30 bits per heavy atom. The summed E-state index contributed by atoms with van der Waals surface area (Å²) >= 11 is 0. The number of amides is 4. The largest absolute Gasteiger partial charge is 0.393 e. The Morgan fingerprint density at radius 3 is 1.96 bits per heavy atom. The average Bonchev–Trinajstić information content (AvgIpc) is 2.64. The first kappa shape index (κ1) is 18.7. The van der Waals surface area contributed by atoms with Gasteiger partial charge in [-0.25, -0.2) is 9.59 Å². The van der Waals surface area contributed by atoms with E-state index in [0.717, 1.165) is 12.8 Å². The van der Waals surface area contributed by atoms with Gasteiger partial charge in [-0.2, -0.15) is 0 Å². The van der Waals surface area contributed by atoms with Gasteiger partial charge in [0.05, 0.1) is 6.10 Å². The van der Waals surface area contributed by atoms with Gasteiger partial charge in [-0.05, 0) is 56.0 Å². The van der Waals surface area contributed by atoms with Crippen molar-refractivity contribution in [1.82, 2.24) is 5.32 Å². The van der Waals surface area contributed by atoms with Crippen molar-refractivity contribution in [3.8, 4) is 0 Å². The maximum atomic E-state index is 12.2. The van der Waals surface area contributed by atoms with Crippen LogP contribution in [0.4, 0.5) is 26.7 Å². The number of rotatable bonds is 4. The van der Waals surface area contributed by atoms with Crippen LogP contribution in [-0.2, 0) is 0 Å². The smallest absolute Gasteiger partial charge is 0.323 e. The molecule has 2 aromatic rings. The van der Waals surface area contributed by atoms with Gasteiger partial charge in [-0.1, -0.05) is 24.3 Å². The summed E-state index contributed by atoms with van der Waals surface area (Å²) in [5.41, 5.74) is 1.85. The molecule has 0 heterocycles. The van der Waals surface area contributed by atoms with Gasteiger partial charge in [-0.3, -0.25) is 0 Å². The summed E-state index contributed by atoms with van der Waals surface area (Å²) in [7, 11) is 0. The van der Waals surface area contributed by atoms with E-state index in [1.165, 1.54) is 0 Å². The molecule has 27 heavy (non-hydrogen) atoms. The number of aliphatic hydroxyl groups is 1. The molecule has 0 bridgehead atoms. The number of para-hydroxylation sites is 1. The lowest BCUT2D eigenvalue weighted by Gasteiger charge is -2.26. The van der Waals surface area contributed by atoms with Gasteiger partial charge in [0.15, 0.2) is 0 Å². The number of nitrogens with one attached hydrogen (secondary N) is 4. The maximum absolute atomic E-state index is 12.2. The van der Waals surface area contributed by atoms with Gasteiger partial charge < -0.3 is 26.4 Å². The number of benzene rings is 2. The molecule has 7 heteroatoms. The summed E-state index contributed by atoms with van der Waals surface area (Å²) in [5.74, 6) is 0. The third-order valence-electron chi connectivity index (χ3n) is 4.44. The minimum Gasteiger partial charge on any atom is -0.393 e. The second-order valence-electron chi connectivity index (χ2n) is 6.63. The number of urea groups is 2. The number of anilines is 3. The summed E-state index contributed by atoms with van der Waals surface area (Å²) < 4.78 is 0. The first-order valence-corrected chi connectivity index (χ1v) is 9.07. The lowest BCUT2D eigenvalue weighted by molar-refractivity contribution is 0.118. The van der Waals surface area contributed by atoms with E-state index in [9.17, 15) is 14.7 Å². The Hall–Kier alpha value is -3.06. The average molecular weight is 368 g/mol. The van der Waals surface area contributed by atoms with E-state index < -0.39 is 0 Å². The fraction of sp³-hybridized carbons (Fsp3) is 0.300. The lowest BCUT2D eigenvalue weighted by Crippen LogP contribution is -2.40. The molecule has 3 rings (SSSR count). The second kappa shape index (κ2) is 9.05. The molecule has 2 aromatic carbocycles. The van der Waals surface area contributed by atoms with Crippen LogP contribution in [0.3, 0.4) is 0 Å². The highest BCUT2D eigenvalue weighted by Crippen LogP contribution is 2.19. The van der Waals surface area contributed by atoms with Crippen LogP contribution in [0.2, 0.25) is 0 Å². The third kappa shape index (κ3) is 6.00. The van der Waals surface area contributed by atoms with Crippen molar-refractivity contribution in [3.63, 3.8) is 0 Å². The van der Waals surface area contributed by atoms with Crippen LogP contribution in [0.25, 0.3) is 0 Å². The van der Waals surface area contributed by atoms with E-state index in [0.29, 0.717) is 29.9 Å². The van der Waals surface area contributed by atoms with Crippen LogP contribution < -0.4 is 21.3 Å². The van der Waals surface area contributed by atoms with Crippen LogP contribution >= 0.6 is 0 Å². The zero-order valence-corrected chi connectivity index (χ0v) is 14.9. The highest BCUT2D eigenvalue weighted by molar-refractivity contribution is 6.00. The molecule has 0 atom stereocenters. The molecule has 0 aromatic heterocycles. The normalized spacial score (nSPS) is 19.0. The molecule has 7 nitrogen and oxygen atoms in total. The van der Waals surface area contributed by atoms with Gasteiger partial charge in [0.2, 0.25) is 0 Å². The van der Waals surface area contributed by atoms with Crippen molar-refractivity contribution < 1.29 is 14.7 Å². The zero-order valence-electron chi connectivity index (χ0n) is 14.9. The maximum Gasteiger partial charge on any atom is 0.323 e. The van der Waals surface area contributed by atoms with E-state index in [2.05, 4.69) is 21.3 Å². The van der Waals surface area contributed by atoms with Crippen LogP contribution in [0.1, 0.15) is 25.7 Å². The first-order valence-electron chi connectivity index (χ1n) is 9.07. The van der Waals surface area contributed by atoms with Crippen LogP contribution in [0.5, 0.6) is 0 Å². The molecule has 1 fully saturated rings. The van der Waals surface area contributed by atoms with Crippen LogP contribution in [-0.4, -0.2) is 29.3 Å². The molecule has 142 valence electrons. The molecular weight excluding hydrogens is 344 g/mol. The van der Waals surface area contributed by atoms with E-state index in [1.807, 2.05) is 18.2 Å². The van der Waals surface area contributed by atoms with Crippen LogP contribution in [0.15, 0.2) is 54.6 Å². The van der Waals surface area contributed by atoms with Gasteiger partial charge in [-0.15, -0.1) is 0 Å². The Labute approximate surface area is 158 Å². The topological polar surface area (TPSA) is 102 Å². The number of hydrogen-bond donors (Lipinski definition) is 5. The molecule has 0 aliphatic heterocycles. The van der Waals surface area contributed by atoms with E-state index in [1.54, 1.807) is 36.4 Å². The summed E-state index contributed by atoms with van der Waals surface area (Å²) in [6, 6.07) is 15.5. The first-order chi connectivity index (χ1) is 13.1. The summed E-state index contributed by atoms with van der Waals surface area (Å²) in [5, 5.41) is 20.7. The summed E-state index contributed by atoms with van der Waals surface area (Å²) in [6.45, 7) is 0.